The Morgan fingerprint density at radius 1 is 1.73 bits per heavy atom. The summed E-state index contributed by atoms with van der Waals surface area (Å²) in [7, 11) is 0. The molecular formula is C9H8N2O2S2. The molecule has 4 nitrogen and oxygen atoms in total. The third-order valence-electron chi connectivity index (χ3n) is 1.93. The van der Waals surface area contributed by atoms with Crippen molar-refractivity contribution in [3.63, 3.8) is 0 Å². The van der Waals surface area contributed by atoms with Gasteiger partial charge in [-0.05, 0) is 13.0 Å². The van der Waals surface area contributed by atoms with Gasteiger partial charge in [-0.3, -0.25) is 9.69 Å². The molecular weight excluding hydrogens is 232 g/mol. The predicted octanol–water partition coefficient (Wildman–Crippen LogP) is 1.90. The van der Waals surface area contributed by atoms with E-state index in [0.29, 0.717) is 21.5 Å². The van der Waals surface area contributed by atoms with Gasteiger partial charge in [0.05, 0.1) is 4.91 Å². The smallest absolute Gasteiger partial charge is 0.266 e. The van der Waals surface area contributed by atoms with E-state index in [9.17, 15) is 4.79 Å². The Kier molecular flexibility index (Phi) is 2.88. The van der Waals surface area contributed by atoms with E-state index in [4.69, 9.17) is 12.2 Å². The molecule has 0 bridgehead atoms. The molecule has 1 aliphatic heterocycles. The quantitative estimate of drug-likeness (QED) is 0.583. The Hall–Kier alpha value is -1.14. The summed E-state index contributed by atoms with van der Waals surface area (Å²) >= 11 is 6.36. The van der Waals surface area contributed by atoms with Gasteiger partial charge in [-0.15, -0.1) is 0 Å². The van der Waals surface area contributed by atoms with Crippen molar-refractivity contribution in [2.45, 2.75) is 6.92 Å². The van der Waals surface area contributed by atoms with E-state index in [2.05, 4.69) is 9.68 Å². The first-order valence-electron chi connectivity index (χ1n) is 4.38. The van der Waals surface area contributed by atoms with Crippen LogP contribution in [0.25, 0.3) is 6.08 Å². The molecule has 1 aliphatic rings. The molecule has 78 valence electrons. The number of carbonyl (C=O) groups excluding carboxylic acids is 1. The van der Waals surface area contributed by atoms with Gasteiger partial charge in [0.2, 0.25) is 0 Å². The maximum absolute atomic E-state index is 11.8. The number of aromatic nitrogens is 1. The van der Waals surface area contributed by atoms with Gasteiger partial charge in [-0.25, -0.2) is 0 Å². The maximum Gasteiger partial charge on any atom is 0.266 e. The van der Waals surface area contributed by atoms with Crippen LogP contribution < -0.4 is 0 Å². The van der Waals surface area contributed by atoms with Crippen LogP contribution in [0.2, 0.25) is 0 Å². The van der Waals surface area contributed by atoms with E-state index >= 15 is 0 Å². The lowest BCUT2D eigenvalue weighted by Gasteiger charge is -2.09. The summed E-state index contributed by atoms with van der Waals surface area (Å²) in [6, 6.07) is 1.69. The van der Waals surface area contributed by atoms with Crippen LogP contribution in [0.4, 0.5) is 0 Å². The van der Waals surface area contributed by atoms with Crippen molar-refractivity contribution < 1.29 is 9.32 Å². The number of likely N-dealkylation sites (N-methyl/N-ethyl adjacent to an activating group) is 1. The normalized spacial score (nSPS) is 19.3. The SMILES string of the molecule is CCN1C(=O)C(=Cc2ccon2)SC1=S. The molecule has 1 amide bonds. The van der Waals surface area contributed by atoms with Crippen molar-refractivity contribution in [3.05, 3.63) is 22.9 Å². The summed E-state index contributed by atoms with van der Waals surface area (Å²) in [5, 5.41) is 3.71. The zero-order valence-corrected chi connectivity index (χ0v) is 9.60. The number of hydrogen-bond donors (Lipinski definition) is 0. The van der Waals surface area contributed by atoms with E-state index in [1.807, 2.05) is 6.92 Å². The third-order valence-corrected chi connectivity index (χ3v) is 3.30. The first kappa shape index (κ1) is 10.4. The second-order valence-corrected chi connectivity index (χ2v) is 4.53. The average Bonchev–Trinajstić information content (AvgIpc) is 2.78. The molecule has 0 saturated carbocycles. The first-order valence-corrected chi connectivity index (χ1v) is 5.60. The average molecular weight is 240 g/mol. The minimum Gasteiger partial charge on any atom is -0.364 e. The van der Waals surface area contributed by atoms with Crippen LogP contribution in [0.5, 0.6) is 0 Å². The number of amides is 1. The van der Waals surface area contributed by atoms with Crippen LogP contribution in [0, 0.1) is 0 Å². The van der Waals surface area contributed by atoms with Crippen molar-refractivity contribution >= 4 is 40.3 Å². The Balaban J connectivity index is 2.26. The van der Waals surface area contributed by atoms with Crippen molar-refractivity contribution in [1.29, 1.82) is 0 Å². The molecule has 0 aromatic carbocycles. The molecule has 0 unspecified atom stereocenters. The largest absolute Gasteiger partial charge is 0.364 e. The Morgan fingerprint density at radius 2 is 2.53 bits per heavy atom. The highest BCUT2D eigenvalue weighted by Crippen LogP contribution is 2.31. The number of carbonyl (C=O) groups is 1. The molecule has 0 aliphatic carbocycles. The molecule has 0 N–H and O–H groups in total. The van der Waals surface area contributed by atoms with Gasteiger partial charge in [0.25, 0.3) is 5.91 Å². The van der Waals surface area contributed by atoms with Crippen molar-refractivity contribution in [3.8, 4) is 0 Å². The Labute approximate surface area is 96.3 Å². The van der Waals surface area contributed by atoms with E-state index < -0.39 is 0 Å². The first-order chi connectivity index (χ1) is 7.22. The van der Waals surface area contributed by atoms with Crippen molar-refractivity contribution in [2.75, 3.05) is 6.54 Å². The number of rotatable bonds is 2. The molecule has 1 fully saturated rings. The van der Waals surface area contributed by atoms with Crippen LogP contribution in [0.1, 0.15) is 12.6 Å². The highest BCUT2D eigenvalue weighted by molar-refractivity contribution is 8.26. The van der Waals surface area contributed by atoms with E-state index in [0.717, 1.165) is 0 Å². The number of hydrogen-bond acceptors (Lipinski definition) is 5. The monoisotopic (exact) mass is 240 g/mol. The Bertz CT molecular complexity index is 425. The number of thioether (sulfide) groups is 1. The van der Waals surface area contributed by atoms with Gasteiger partial charge in [0.15, 0.2) is 0 Å². The lowest BCUT2D eigenvalue weighted by Crippen LogP contribution is -2.27. The van der Waals surface area contributed by atoms with Gasteiger partial charge < -0.3 is 4.52 Å². The van der Waals surface area contributed by atoms with Crippen LogP contribution in [-0.4, -0.2) is 26.8 Å². The highest BCUT2D eigenvalue weighted by atomic mass is 32.2. The minimum absolute atomic E-state index is 0.0597. The molecule has 0 radical (unpaired) electrons. The zero-order valence-electron chi connectivity index (χ0n) is 7.97. The molecule has 2 rings (SSSR count). The number of thiocarbonyl (C=S) groups is 1. The number of nitrogens with zero attached hydrogens (tertiary/aromatic N) is 2. The maximum atomic E-state index is 11.8. The van der Waals surface area contributed by atoms with E-state index in [-0.39, 0.29) is 5.91 Å². The van der Waals surface area contributed by atoms with E-state index in [1.54, 1.807) is 17.0 Å². The summed E-state index contributed by atoms with van der Waals surface area (Å²) in [5.41, 5.74) is 0.631. The highest BCUT2D eigenvalue weighted by Gasteiger charge is 2.30. The predicted molar refractivity (Wildman–Crippen MR) is 62.1 cm³/mol. The second-order valence-electron chi connectivity index (χ2n) is 2.85. The molecule has 1 aromatic heterocycles. The van der Waals surface area contributed by atoms with Gasteiger partial charge in [0, 0.05) is 12.6 Å². The fourth-order valence-corrected chi connectivity index (χ4v) is 2.57. The summed E-state index contributed by atoms with van der Waals surface area (Å²) < 4.78 is 5.27. The molecule has 0 atom stereocenters. The van der Waals surface area contributed by atoms with Crippen LogP contribution in [-0.2, 0) is 4.79 Å². The van der Waals surface area contributed by atoms with Crippen LogP contribution >= 0.6 is 24.0 Å². The third kappa shape index (κ3) is 1.95. The Morgan fingerprint density at radius 3 is 3.07 bits per heavy atom. The molecule has 15 heavy (non-hydrogen) atoms. The lowest BCUT2D eigenvalue weighted by molar-refractivity contribution is -0.121. The molecule has 6 heteroatoms. The van der Waals surface area contributed by atoms with Crippen LogP contribution in [0.3, 0.4) is 0 Å². The fraction of sp³-hybridized carbons (Fsp3) is 0.222. The van der Waals surface area contributed by atoms with Crippen molar-refractivity contribution in [2.24, 2.45) is 0 Å². The summed E-state index contributed by atoms with van der Waals surface area (Å²) in [6.45, 7) is 2.49. The summed E-state index contributed by atoms with van der Waals surface area (Å²) in [6.07, 6.45) is 3.14. The van der Waals surface area contributed by atoms with Crippen molar-refractivity contribution in [1.82, 2.24) is 10.1 Å². The minimum atomic E-state index is -0.0597. The molecule has 2 heterocycles. The molecule has 1 saturated heterocycles. The second kappa shape index (κ2) is 4.16. The van der Waals surface area contributed by atoms with Gasteiger partial charge in [-0.1, -0.05) is 29.1 Å². The van der Waals surface area contributed by atoms with Gasteiger partial charge in [0.1, 0.15) is 16.3 Å². The van der Waals surface area contributed by atoms with Gasteiger partial charge >= 0.3 is 0 Å². The van der Waals surface area contributed by atoms with Crippen LogP contribution in [0.15, 0.2) is 21.8 Å². The zero-order chi connectivity index (χ0) is 10.8. The summed E-state index contributed by atoms with van der Waals surface area (Å²) in [4.78, 5) is 13.9. The summed E-state index contributed by atoms with van der Waals surface area (Å²) in [5.74, 6) is -0.0597. The lowest BCUT2D eigenvalue weighted by atomic mass is 10.3. The fourth-order valence-electron chi connectivity index (χ4n) is 1.20. The standard InChI is InChI=1S/C9H8N2O2S2/c1-2-11-8(12)7(15-9(11)14)5-6-3-4-13-10-6/h3-5H,2H2,1H3. The van der Waals surface area contributed by atoms with E-state index in [1.165, 1.54) is 18.0 Å². The topological polar surface area (TPSA) is 46.3 Å². The van der Waals surface area contributed by atoms with Gasteiger partial charge in [-0.2, -0.15) is 0 Å². The molecule has 0 spiro atoms. The molecule has 1 aromatic rings.